The number of nitrogens with one attached hydrogen (secondary N) is 1. The quantitative estimate of drug-likeness (QED) is 0.531. The first kappa shape index (κ1) is 15.2. The Morgan fingerprint density at radius 1 is 1.00 bits per heavy atom. The van der Waals surface area contributed by atoms with Crippen LogP contribution < -0.4 is 5.32 Å². The van der Waals surface area contributed by atoms with E-state index < -0.39 is 0 Å². The number of rotatable bonds is 4. The third-order valence-corrected chi connectivity index (χ3v) is 6.21. The van der Waals surface area contributed by atoms with Crippen molar-refractivity contribution in [3.05, 3.63) is 67.9 Å². The molecular weight excluding hydrogens is 410 g/mol. The van der Waals surface area contributed by atoms with Gasteiger partial charge in [0.2, 0.25) is 0 Å². The van der Waals surface area contributed by atoms with Gasteiger partial charge in [0.05, 0.1) is 6.04 Å². The SMILES string of the molecule is CCNC(c1ccccc1Br)c1csc2c(Br)cccc12. The number of hydrogen-bond donors (Lipinski definition) is 1. The van der Waals surface area contributed by atoms with Crippen LogP contribution in [0, 0.1) is 0 Å². The molecule has 0 fully saturated rings. The van der Waals surface area contributed by atoms with E-state index in [1.54, 1.807) is 11.3 Å². The van der Waals surface area contributed by atoms with E-state index in [9.17, 15) is 0 Å². The number of hydrogen-bond acceptors (Lipinski definition) is 2. The van der Waals surface area contributed by atoms with Gasteiger partial charge in [-0.15, -0.1) is 11.3 Å². The van der Waals surface area contributed by atoms with Crippen molar-refractivity contribution >= 4 is 53.3 Å². The summed E-state index contributed by atoms with van der Waals surface area (Å²) in [5.74, 6) is 0. The molecule has 1 heterocycles. The normalized spacial score (nSPS) is 12.7. The summed E-state index contributed by atoms with van der Waals surface area (Å²) < 4.78 is 3.62. The van der Waals surface area contributed by atoms with Crippen molar-refractivity contribution in [1.29, 1.82) is 0 Å². The Labute approximate surface area is 145 Å². The Hall–Kier alpha value is -0.680. The maximum atomic E-state index is 3.69. The molecule has 0 aliphatic heterocycles. The zero-order valence-electron chi connectivity index (χ0n) is 11.6. The molecule has 1 unspecified atom stereocenters. The highest BCUT2D eigenvalue weighted by Gasteiger charge is 2.19. The Balaban J connectivity index is 2.16. The summed E-state index contributed by atoms with van der Waals surface area (Å²) in [6, 6.07) is 15.0. The lowest BCUT2D eigenvalue weighted by atomic mass is 9.98. The highest BCUT2D eigenvalue weighted by Crippen LogP contribution is 2.38. The van der Waals surface area contributed by atoms with Gasteiger partial charge in [0, 0.05) is 13.6 Å². The molecule has 0 bridgehead atoms. The molecule has 1 atom stereocenters. The van der Waals surface area contributed by atoms with E-state index in [1.165, 1.54) is 25.7 Å². The van der Waals surface area contributed by atoms with Crippen molar-refractivity contribution in [2.45, 2.75) is 13.0 Å². The first-order chi connectivity index (χ1) is 10.2. The molecule has 1 N–H and O–H groups in total. The van der Waals surface area contributed by atoms with Gasteiger partial charge in [0.15, 0.2) is 0 Å². The van der Waals surface area contributed by atoms with Crippen LogP contribution in [0.3, 0.4) is 0 Å². The monoisotopic (exact) mass is 423 g/mol. The van der Waals surface area contributed by atoms with Crippen LogP contribution in [-0.4, -0.2) is 6.54 Å². The molecule has 0 amide bonds. The number of halogens is 2. The standard InChI is InChI=1S/C17H15Br2NS/c1-2-20-16(12-6-3-4-8-14(12)18)13-10-21-17-11(13)7-5-9-15(17)19/h3-10,16,20H,2H2,1H3. The predicted molar refractivity (Wildman–Crippen MR) is 99.2 cm³/mol. The molecule has 1 aromatic heterocycles. The predicted octanol–water partition coefficient (Wildman–Crippen LogP) is 6.13. The molecule has 0 spiro atoms. The molecule has 2 aromatic carbocycles. The Bertz CT molecular complexity index is 766. The summed E-state index contributed by atoms with van der Waals surface area (Å²) in [7, 11) is 0. The van der Waals surface area contributed by atoms with E-state index in [0.717, 1.165) is 11.0 Å². The first-order valence-corrected chi connectivity index (χ1v) is 9.32. The van der Waals surface area contributed by atoms with Gasteiger partial charge in [-0.05, 0) is 56.5 Å². The van der Waals surface area contributed by atoms with Crippen LogP contribution in [0.1, 0.15) is 24.1 Å². The second kappa shape index (κ2) is 6.61. The van der Waals surface area contributed by atoms with E-state index >= 15 is 0 Å². The maximum Gasteiger partial charge on any atom is 0.0602 e. The summed E-state index contributed by atoms with van der Waals surface area (Å²) in [5.41, 5.74) is 2.61. The highest BCUT2D eigenvalue weighted by atomic mass is 79.9. The van der Waals surface area contributed by atoms with Crippen molar-refractivity contribution in [2.24, 2.45) is 0 Å². The van der Waals surface area contributed by atoms with Crippen LogP contribution in [0.15, 0.2) is 56.8 Å². The molecule has 3 rings (SSSR count). The Morgan fingerprint density at radius 3 is 2.52 bits per heavy atom. The third kappa shape index (κ3) is 2.95. The van der Waals surface area contributed by atoms with Crippen molar-refractivity contribution < 1.29 is 0 Å². The molecule has 0 radical (unpaired) electrons. The van der Waals surface area contributed by atoms with Crippen molar-refractivity contribution in [1.82, 2.24) is 5.32 Å². The number of fused-ring (bicyclic) bond motifs is 1. The minimum absolute atomic E-state index is 0.202. The zero-order chi connectivity index (χ0) is 14.8. The lowest BCUT2D eigenvalue weighted by Crippen LogP contribution is -2.22. The summed E-state index contributed by atoms with van der Waals surface area (Å²) in [6.07, 6.45) is 0. The average molecular weight is 425 g/mol. The molecule has 3 aromatic rings. The Kier molecular flexibility index (Phi) is 4.79. The minimum atomic E-state index is 0.202. The maximum absolute atomic E-state index is 3.69. The smallest absolute Gasteiger partial charge is 0.0602 e. The van der Waals surface area contributed by atoms with Crippen LogP contribution in [0.4, 0.5) is 0 Å². The van der Waals surface area contributed by atoms with E-state index in [2.05, 4.69) is 91.9 Å². The lowest BCUT2D eigenvalue weighted by Gasteiger charge is -2.19. The topological polar surface area (TPSA) is 12.0 Å². The van der Waals surface area contributed by atoms with Gasteiger partial charge in [0.25, 0.3) is 0 Å². The minimum Gasteiger partial charge on any atom is -0.306 e. The molecule has 4 heteroatoms. The van der Waals surface area contributed by atoms with Crippen LogP contribution in [0.25, 0.3) is 10.1 Å². The zero-order valence-corrected chi connectivity index (χ0v) is 15.6. The van der Waals surface area contributed by atoms with Crippen molar-refractivity contribution in [2.75, 3.05) is 6.54 Å². The largest absolute Gasteiger partial charge is 0.306 e. The van der Waals surface area contributed by atoms with Gasteiger partial charge in [-0.1, -0.05) is 53.2 Å². The van der Waals surface area contributed by atoms with Gasteiger partial charge in [-0.3, -0.25) is 0 Å². The van der Waals surface area contributed by atoms with Gasteiger partial charge in [-0.25, -0.2) is 0 Å². The number of thiophene rings is 1. The van der Waals surface area contributed by atoms with Crippen LogP contribution in [0.2, 0.25) is 0 Å². The van der Waals surface area contributed by atoms with Gasteiger partial charge in [0.1, 0.15) is 0 Å². The molecule has 0 aliphatic carbocycles. The van der Waals surface area contributed by atoms with Crippen LogP contribution in [0.5, 0.6) is 0 Å². The van der Waals surface area contributed by atoms with Gasteiger partial charge < -0.3 is 5.32 Å². The lowest BCUT2D eigenvalue weighted by molar-refractivity contribution is 0.633. The van der Waals surface area contributed by atoms with E-state index in [0.29, 0.717) is 0 Å². The second-order valence-corrected chi connectivity index (χ2v) is 7.41. The van der Waals surface area contributed by atoms with E-state index in [4.69, 9.17) is 0 Å². The van der Waals surface area contributed by atoms with Crippen LogP contribution in [-0.2, 0) is 0 Å². The molecule has 0 aliphatic rings. The fraction of sp³-hybridized carbons (Fsp3) is 0.176. The summed E-state index contributed by atoms with van der Waals surface area (Å²) in [5, 5.41) is 7.20. The van der Waals surface area contributed by atoms with Crippen molar-refractivity contribution in [3.63, 3.8) is 0 Å². The fourth-order valence-electron chi connectivity index (χ4n) is 2.57. The average Bonchev–Trinajstić information content (AvgIpc) is 2.91. The fourth-order valence-corrected chi connectivity index (χ4v) is 4.73. The van der Waals surface area contributed by atoms with E-state index in [1.807, 2.05) is 0 Å². The molecule has 21 heavy (non-hydrogen) atoms. The molecule has 1 nitrogen and oxygen atoms in total. The third-order valence-electron chi connectivity index (χ3n) is 3.52. The molecule has 0 saturated carbocycles. The number of benzene rings is 2. The van der Waals surface area contributed by atoms with Gasteiger partial charge >= 0.3 is 0 Å². The molecule has 0 saturated heterocycles. The summed E-state index contributed by atoms with van der Waals surface area (Å²) in [6.45, 7) is 3.08. The second-order valence-electron chi connectivity index (χ2n) is 4.82. The van der Waals surface area contributed by atoms with Crippen molar-refractivity contribution in [3.8, 4) is 0 Å². The molecule has 108 valence electrons. The summed E-state index contributed by atoms with van der Waals surface area (Å²) in [4.78, 5) is 0. The summed E-state index contributed by atoms with van der Waals surface area (Å²) >= 11 is 9.13. The Morgan fingerprint density at radius 2 is 1.76 bits per heavy atom. The highest BCUT2D eigenvalue weighted by molar-refractivity contribution is 9.11. The molecular formula is C17H15Br2NS. The van der Waals surface area contributed by atoms with Crippen LogP contribution >= 0.6 is 43.2 Å². The van der Waals surface area contributed by atoms with Gasteiger partial charge in [-0.2, -0.15) is 0 Å². The first-order valence-electron chi connectivity index (χ1n) is 6.85. The van der Waals surface area contributed by atoms with E-state index in [-0.39, 0.29) is 6.04 Å².